The van der Waals surface area contributed by atoms with Gasteiger partial charge in [0, 0.05) is 15.3 Å². The van der Waals surface area contributed by atoms with Gasteiger partial charge in [0.15, 0.2) is 0 Å². The molecule has 5 heteroatoms. The van der Waals surface area contributed by atoms with Gasteiger partial charge in [0.05, 0.1) is 18.4 Å². The van der Waals surface area contributed by atoms with Gasteiger partial charge in [-0.1, -0.05) is 6.07 Å². The molecule has 0 atom stereocenters. The second-order valence-electron chi connectivity index (χ2n) is 3.44. The van der Waals surface area contributed by atoms with Gasteiger partial charge in [0.2, 0.25) is 0 Å². The zero-order valence-corrected chi connectivity index (χ0v) is 10.9. The van der Waals surface area contributed by atoms with Crippen molar-refractivity contribution in [3.05, 3.63) is 55.8 Å². The zero-order chi connectivity index (χ0) is 11.5. The topological polar surface area (TPSA) is 47.8 Å². The highest BCUT2D eigenvalue weighted by molar-refractivity contribution is 14.1. The molecule has 0 unspecified atom stereocenters. The third-order valence-electron chi connectivity index (χ3n) is 2.09. The van der Waals surface area contributed by atoms with Crippen LogP contribution in [0.15, 0.2) is 35.3 Å². The predicted octanol–water partition coefficient (Wildman–Crippen LogP) is 1.60. The number of aryl methyl sites for hydroxylation is 1. The van der Waals surface area contributed by atoms with Gasteiger partial charge in [-0.3, -0.25) is 9.78 Å². The van der Waals surface area contributed by atoms with Gasteiger partial charge in [-0.15, -0.1) is 0 Å². The molecule has 0 saturated carbocycles. The average molecular weight is 327 g/mol. The van der Waals surface area contributed by atoms with E-state index in [9.17, 15) is 4.79 Å². The summed E-state index contributed by atoms with van der Waals surface area (Å²) in [5.41, 5.74) is 1.68. The van der Waals surface area contributed by atoms with Gasteiger partial charge in [-0.25, -0.2) is 4.68 Å². The molecule has 0 amide bonds. The van der Waals surface area contributed by atoms with Gasteiger partial charge in [0.25, 0.3) is 5.56 Å². The summed E-state index contributed by atoms with van der Waals surface area (Å²) >= 11 is 2.07. The molecule has 82 valence electrons. The van der Waals surface area contributed by atoms with Crippen LogP contribution >= 0.6 is 22.6 Å². The summed E-state index contributed by atoms with van der Waals surface area (Å²) in [6.07, 6.45) is 1.66. The fourth-order valence-electron chi connectivity index (χ4n) is 1.37. The lowest BCUT2D eigenvalue weighted by molar-refractivity contribution is 0.624. The lowest BCUT2D eigenvalue weighted by atomic mass is 10.3. The molecule has 4 nitrogen and oxygen atoms in total. The van der Waals surface area contributed by atoms with Crippen LogP contribution in [0.25, 0.3) is 0 Å². The third kappa shape index (κ3) is 2.66. The van der Waals surface area contributed by atoms with E-state index in [1.54, 1.807) is 12.3 Å². The minimum atomic E-state index is -0.102. The highest BCUT2D eigenvalue weighted by Crippen LogP contribution is 2.00. The minimum absolute atomic E-state index is 0.102. The highest BCUT2D eigenvalue weighted by atomic mass is 127. The molecule has 0 bridgehead atoms. The Balaban J connectivity index is 2.31. The van der Waals surface area contributed by atoms with E-state index >= 15 is 0 Å². The zero-order valence-electron chi connectivity index (χ0n) is 8.72. The average Bonchev–Trinajstić information content (AvgIpc) is 2.22. The number of rotatable bonds is 2. The number of aromatic nitrogens is 3. The Bertz CT molecular complexity index is 565. The molecule has 2 aromatic rings. The molecule has 2 heterocycles. The van der Waals surface area contributed by atoms with Crippen LogP contribution in [0, 0.1) is 10.5 Å². The van der Waals surface area contributed by atoms with Crippen molar-refractivity contribution < 1.29 is 0 Å². The van der Waals surface area contributed by atoms with E-state index in [0.717, 1.165) is 15.0 Å². The summed E-state index contributed by atoms with van der Waals surface area (Å²) < 4.78 is 2.25. The second kappa shape index (κ2) is 4.73. The van der Waals surface area contributed by atoms with Crippen molar-refractivity contribution in [3.63, 3.8) is 0 Å². The second-order valence-corrected chi connectivity index (χ2v) is 4.69. The first-order valence-electron chi connectivity index (χ1n) is 4.80. The molecule has 0 aliphatic carbocycles. The molecular formula is C11H10IN3O. The van der Waals surface area contributed by atoms with Crippen LogP contribution in [-0.4, -0.2) is 14.8 Å². The normalized spacial score (nSPS) is 10.4. The molecule has 0 saturated heterocycles. The van der Waals surface area contributed by atoms with Crippen LogP contribution in [0.5, 0.6) is 0 Å². The maximum atomic E-state index is 11.6. The van der Waals surface area contributed by atoms with E-state index in [4.69, 9.17) is 0 Å². The number of halogens is 1. The molecule has 0 N–H and O–H groups in total. The summed E-state index contributed by atoms with van der Waals surface area (Å²) in [5, 5.41) is 4.06. The lowest BCUT2D eigenvalue weighted by Crippen LogP contribution is -2.23. The van der Waals surface area contributed by atoms with Crippen LogP contribution in [-0.2, 0) is 6.54 Å². The van der Waals surface area contributed by atoms with Crippen LogP contribution in [0.2, 0.25) is 0 Å². The first-order chi connectivity index (χ1) is 7.65. The summed E-state index contributed by atoms with van der Waals surface area (Å²) in [4.78, 5) is 15.9. The number of hydrogen-bond donors (Lipinski definition) is 0. The van der Waals surface area contributed by atoms with E-state index in [1.165, 1.54) is 4.68 Å². The minimum Gasteiger partial charge on any atom is -0.268 e. The van der Waals surface area contributed by atoms with Gasteiger partial charge >= 0.3 is 0 Å². The van der Waals surface area contributed by atoms with Crippen molar-refractivity contribution in [1.29, 1.82) is 0 Å². The summed E-state index contributed by atoms with van der Waals surface area (Å²) in [5.74, 6) is 0. The first-order valence-corrected chi connectivity index (χ1v) is 5.88. The standard InChI is InChI=1S/C11H10IN3O/c1-8-3-2-4-10(14-8)7-15-11(16)5-9(12)6-13-15/h2-6H,7H2,1H3. The monoisotopic (exact) mass is 327 g/mol. The SMILES string of the molecule is Cc1cccc(Cn2ncc(I)cc2=O)n1. The Morgan fingerprint density at radius 2 is 2.25 bits per heavy atom. The molecule has 0 fully saturated rings. The fraction of sp³-hybridized carbons (Fsp3) is 0.182. The molecule has 2 rings (SSSR count). The Hall–Kier alpha value is -1.24. The maximum Gasteiger partial charge on any atom is 0.268 e. The van der Waals surface area contributed by atoms with Crippen LogP contribution in [0.1, 0.15) is 11.4 Å². The molecule has 0 aliphatic heterocycles. The summed E-state index contributed by atoms with van der Waals surface area (Å²) in [6.45, 7) is 2.34. The van der Waals surface area contributed by atoms with E-state index in [0.29, 0.717) is 6.54 Å². The molecule has 0 spiro atoms. The number of pyridine rings is 1. The summed E-state index contributed by atoms with van der Waals surface area (Å²) in [7, 11) is 0. The van der Waals surface area contributed by atoms with Gasteiger partial charge in [-0.2, -0.15) is 5.10 Å². The molecular weight excluding hydrogens is 317 g/mol. The van der Waals surface area contributed by atoms with Crippen LogP contribution in [0.3, 0.4) is 0 Å². The van der Waals surface area contributed by atoms with Crippen molar-refractivity contribution in [2.24, 2.45) is 0 Å². The van der Waals surface area contributed by atoms with Gasteiger partial charge in [-0.05, 0) is 41.6 Å². The maximum absolute atomic E-state index is 11.6. The highest BCUT2D eigenvalue weighted by Gasteiger charge is 2.01. The molecule has 0 aliphatic rings. The number of hydrogen-bond acceptors (Lipinski definition) is 3. The molecule has 0 radical (unpaired) electrons. The van der Waals surface area contributed by atoms with Crippen molar-refractivity contribution >= 4 is 22.6 Å². The summed E-state index contributed by atoms with van der Waals surface area (Å²) in [6, 6.07) is 7.30. The Morgan fingerprint density at radius 3 is 2.94 bits per heavy atom. The Kier molecular flexibility index (Phi) is 3.33. The third-order valence-corrected chi connectivity index (χ3v) is 2.68. The Morgan fingerprint density at radius 1 is 1.44 bits per heavy atom. The Labute approximate surface area is 106 Å². The molecule has 0 aromatic carbocycles. The van der Waals surface area contributed by atoms with Crippen molar-refractivity contribution in [1.82, 2.24) is 14.8 Å². The smallest absolute Gasteiger partial charge is 0.268 e. The van der Waals surface area contributed by atoms with Crippen molar-refractivity contribution in [3.8, 4) is 0 Å². The van der Waals surface area contributed by atoms with Gasteiger partial charge < -0.3 is 0 Å². The van der Waals surface area contributed by atoms with Crippen molar-refractivity contribution in [2.45, 2.75) is 13.5 Å². The molecule has 2 aromatic heterocycles. The predicted molar refractivity (Wildman–Crippen MR) is 69.3 cm³/mol. The first kappa shape index (κ1) is 11.3. The van der Waals surface area contributed by atoms with E-state index < -0.39 is 0 Å². The van der Waals surface area contributed by atoms with E-state index in [2.05, 4.69) is 32.7 Å². The van der Waals surface area contributed by atoms with E-state index in [1.807, 2.05) is 25.1 Å². The largest absolute Gasteiger partial charge is 0.268 e. The quantitative estimate of drug-likeness (QED) is 0.787. The fourth-order valence-corrected chi connectivity index (χ4v) is 1.76. The van der Waals surface area contributed by atoms with Crippen molar-refractivity contribution in [2.75, 3.05) is 0 Å². The lowest BCUT2D eigenvalue weighted by Gasteiger charge is -2.04. The number of nitrogens with zero attached hydrogens (tertiary/aromatic N) is 3. The van der Waals surface area contributed by atoms with E-state index in [-0.39, 0.29) is 5.56 Å². The van der Waals surface area contributed by atoms with Crippen LogP contribution in [0.4, 0.5) is 0 Å². The van der Waals surface area contributed by atoms with Gasteiger partial charge in [0.1, 0.15) is 0 Å². The molecule has 16 heavy (non-hydrogen) atoms. The van der Waals surface area contributed by atoms with Crippen LogP contribution < -0.4 is 5.56 Å².